The van der Waals surface area contributed by atoms with Crippen LogP contribution in [0.5, 0.6) is 5.75 Å². The molecule has 2 aromatic carbocycles. The van der Waals surface area contributed by atoms with E-state index in [0.29, 0.717) is 19.8 Å². The van der Waals surface area contributed by atoms with E-state index in [1.165, 1.54) is 11.1 Å². The van der Waals surface area contributed by atoms with Gasteiger partial charge < -0.3 is 14.8 Å². The average Bonchev–Trinajstić information content (AvgIpc) is 2.81. The third-order valence-corrected chi connectivity index (χ3v) is 6.25. The van der Waals surface area contributed by atoms with Crippen molar-refractivity contribution in [2.75, 3.05) is 26.8 Å². The Kier molecular flexibility index (Phi) is 7.80. The van der Waals surface area contributed by atoms with Gasteiger partial charge in [-0.1, -0.05) is 36.4 Å². The second-order valence-corrected chi connectivity index (χ2v) is 9.75. The van der Waals surface area contributed by atoms with E-state index in [9.17, 15) is 4.79 Å². The maximum absolute atomic E-state index is 12.5. The number of hydrogen-bond acceptors (Lipinski definition) is 5. The number of carbonyl (C=O) groups is 1. The quantitative estimate of drug-likeness (QED) is 0.473. The van der Waals surface area contributed by atoms with Gasteiger partial charge in [-0.2, -0.15) is 0 Å². The molecule has 6 heteroatoms. The van der Waals surface area contributed by atoms with Crippen LogP contribution in [-0.4, -0.2) is 48.2 Å². The molecule has 6 nitrogen and oxygen atoms in total. The molecule has 34 heavy (non-hydrogen) atoms. The Bertz CT molecular complexity index is 1110. The van der Waals surface area contributed by atoms with Crippen molar-refractivity contribution in [1.29, 1.82) is 0 Å². The van der Waals surface area contributed by atoms with Crippen molar-refractivity contribution in [3.05, 3.63) is 71.9 Å². The van der Waals surface area contributed by atoms with E-state index in [0.717, 1.165) is 42.6 Å². The van der Waals surface area contributed by atoms with Gasteiger partial charge >= 0.3 is 0 Å². The molecular formula is C28H35N3O3. The Morgan fingerprint density at radius 3 is 2.85 bits per heavy atom. The number of aromatic nitrogens is 1. The van der Waals surface area contributed by atoms with Crippen molar-refractivity contribution >= 4 is 16.8 Å². The number of benzene rings is 2. The molecule has 1 saturated heterocycles. The number of pyridine rings is 1. The Morgan fingerprint density at radius 1 is 1.18 bits per heavy atom. The first-order valence-electron chi connectivity index (χ1n) is 12.0. The lowest BCUT2D eigenvalue weighted by Crippen LogP contribution is -2.42. The van der Waals surface area contributed by atoms with Crippen molar-refractivity contribution in [3.63, 3.8) is 0 Å². The molecule has 0 bridgehead atoms. The number of fused-ring (bicyclic) bond motifs is 1. The van der Waals surface area contributed by atoms with Crippen molar-refractivity contribution in [1.82, 2.24) is 15.2 Å². The monoisotopic (exact) mass is 461 g/mol. The summed E-state index contributed by atoms with van der Waals surface area (Å²) in [7, 11) is 2.11. The number of ether oxygens (including phenoxy) is 2. The molecule has 180 valence electrons. The summed E-state index contributed by atoms with van der Waals surface area (Å²) in [5.41, 5.74) is 3.23. The maximum atomic E-state index is 12.5. The normalized spacial score (nSPS) is 17.6. The van der Waals surface area contributed by atoms with E-state index in [2.05, 4.69) is 58.6 Å². The highest BCUT2D eigenvalue weighted by Gasteiger charge is 2.32. The van der Waals surface area contributed by atoms with Crippen LogP contribution in [-0.2, 0) is 22.6 Å². The van der Waals surface area contributed by atoms with Crippen LogP contribution < -0.4 is 10.1 Å². The fourth-order valence-corrected chi connectivity index (χ4v) is 4.63. The molecule has 0 saturated carbocycles. The zero-order chi connectivity index (χ0) is 24.0. The van der Waals surface area contributed by atoms with Gasteiger partial charge in [0.1, 0.15) is 12.4 Å². The molecule has 3 aromatic rings. The molecule has 2 heterocycles. The third-order valence-electron chi connectivity index (χ3n) is 6.25. The van der Waals surface area contributed by atoms with Gasteiger partial charge in [0.2, 0.25) is 5.91 Å². The largest absolute Gasteiger partial charge is 0.492 e. The Labute approximate surface area is 202 Å². The summed E-state index contributed by atoms with van der Waals surface area (Å²) in [5, 5.41) is 4.18. The van der Waals surface area contributed by atoms with Gasteiger partial charge in [0.25, 0.3) is 0 Å². The molecule has 1 atom stereocenters. The summed E-state index contributed by atoms with van der Waals surface area (Å²) in [6.45, 7) is 7.27. The van der Waals surface area contributed by atoms with Crippen LogP contribution in [0.2, 0.25) is 0 Å². The van der Waals surface area contributed by atoms with Crippen LogP contribution in [0, 0.1) is 5.92 Å². The van der Waals surface area contributed by atoms with Crippen molar-refractivity contribution in [2.45, 2.75) is 45.4 Å². The number of nitrogens with zero attached hydrogens (tertiary/aromatic N) is 2. The summed E-state index contributed by atoms with van der Waals surface area (Å²) < 4.78 is 11.6. The number of para-hydroxylation sites is 1. The second-order valence-electron chi connectivity index (χ2n) is 9.75. The maximum Gasteiger partial charge on any atom is 0.223 e. The summed E-state index contributed by atoms with van der Waals surface area (Å²) in [6, 6.07) is 18.5. The molecule has 1 amide bonds. The first-order chi connectivity index (χ1) is 16.4. The standard InChI is InChI=1S/C28H35N3O3/c1-28(2)18-23(12-15-34-28)27(32)30-14-16-33-25-11-4-7-21(17-25)19-31(3)20-24-9-5-8-22-10-6-13-29-26(22)24/h4-11,13,17,23H,12,14-16,18-20H2,1-3H3,(H,30,32). The van der Waals surface area contributed by atoms with Crippen molar-refractivity contribution in [3.8, 4) is 5.75 Å². The molecule has 1 fully saturated rings. The number of amides is 1. The van der Waals surface area contributed by atoms with E-state index >= 15 is 0 Å². The first-order valence-corrected chi connectivity index (χ1v) is 12.0. The molecule has 1 aromatic heterocycles. The zero-order valence-corrected chi connectivity index (χ0v) is 20.4. The summed E-state index contributed by atoms with van der Waals surface area (Å²) >= 11 is 0. The van der Waals surface area contributed by atoms with E-state index in [4.69, 9.17) is 9.47 Å². The summed E-state index contributed by atoms with van der Waals surface area (Å²) in [4.78, 5) is 19.3. The minimum Gasteiger partial charge on any atom is -0.492 e. The molecule has 1 unspecified atom stereocenters. The number of rotatable bonds is 9. The van der Waals surface area contributed by atoms with Crippen molar-refractivity contribution < 1.29 is 14.3 Å². The van der Waals surface area contributed by atoms with E-state index in [1.54, 1.807) is 0 Å². The number of nitrogens with one attached hydrogen (secondary N) is 1. The van der Waals surface area contributed by atoms with E-state index < -0.39 is 0 Å². The summed E-state index contributed by atoms with van der Waals surface area (Å²) in [6.07, 6.45) is 3.38. The fourth-order valence-electron chi connectivity index (χ4n) is 4.63. The van der Waals surface area contributed by atoms with Gasteiger partial charge in [0, 0.05) is 37.2 Å². The second kappa shape index (κ2) is 11.0. The van der Waals surface area contributed by atoms with Crippen LogP contribution in [0.4, 0.5) is 0 Å². The molecule has 1 aliphatic rings. The predicted octanol–water partition coefficient (Wildman–Crippen LogP) is 4.57. The van der Waals surface area contributed by atoms with Crippen LogP contribution in [0.3, 0.4) is 0 Å². The number of hydrogen-bond donors (Lipinski definition) is 1. The van der Waals surface area contributed by atoms with Gasteiger partial charge in [0.05, 0.1) is 17.7 Å². The number of carbonyl (C=O) groups excluding carboxylic acids is 1. The third kappa shape index (κ3) is 6.55. The molecule has 1 aliphatic heterocycles. The van der Waals surface area contributed by atoms with Crippen LogP contribution in [0.25, 0.3) is 10.9 Å². The highest BCUT2D eigenvalue weighted by molar-refractivity contribution is 5.81. The van der Waals surface area contributed by atoms with Gasteiger partial charge in [-0.05, 0) is 63.1 Å². The van der Waals surface area contributed by atoms with E-state index in [-0.39, 0.29) is 17.4 Å². The molecule has 0 spiro atoms. The van der Waals surface area contributed by atoms with Crippen LogP contribution in [0.1, 0.15) is 37.8 Å². The molecule has 4 rings (SSSR count). The van der Waals surface area contributed by atoms with Crippen LogP contribution >= 0.6 is 0 Å². The van der Waals surface area contributed by atoms with Gasteiger partial charge in [-0.3, -0.25) is 14.7 Å². The van der Waals surface area contributed by atoms with Crippen molar-refractivity contribution in [2.24, 2.45) is 5.92 Å². The molecule has 0 radical (unpaired) electrons. The SMILES string of the molecule is CN(Cc1cccc(OCCNC(=O)C2CCOC(C)(C)C2)c1)Cc1cccc2cccnc12. The Balaban J connectivity index is 1.25. The molecule has 1 N–H and O–H groups in total. The first kappa shape index (κ1) is 24.2. The highest BCUT2D eigenvalue weighted by atomic mass is 16.5. The zero-order valence-electron chi connectivity index (χ0n) is 20.4. The van der Waals surface area contributed by atoms with E-state index in [1.807, 2.05) is 38.2 Å². The van der Waals surface area contributed by atoms with Gasteiger partial charge in [-0.15, -0.1) is 0 Å². The summed E-state index contributed by atoms with van der Waals surface area (Å²) in [5.74, 6) is 0.928. The smallest absolute Gasteiger partial charge is 0.223 e. The Morgan fingerprint density at radius 2 is 2.00 bits per heavy atom. The van der Waals surface area contributed by atoms with Gasteiger partial charge in [-0.25, -0.2) is 0 Å². The molecule has 0 aliphatic carbocycles. The highest BCUT2D eigenvalue weighted by Crippen LogP contribution is 2.28. The minimum atomic E-state index is -0.228. The Hall–Kier alpha value is -2.96. The average molecular weight is 462 g/mol. The minimum absolute atomic E-state index is 0.0135. The fraction of sp³-hybridized carbons (Fsp3) is 0.429. The molecular weight excluding hydrogens is 426 g/mol. The topological polar surface area (TPSA) is 63.7 Å². The predicted molar refractivity (Wildman–Crippen MR) is 135 cm³/mol. The lowest BCUT2D eigenvalue weighted by atomic mass is 9.88. The lowest BCUT2D eigenvalue weighted by molar-refractivity contribution is -0.135. The lowest BCUT2D eigenvalue weighted by Gasteiger charge is -2.34. The van der Waals surface area contributed by atoms with Crippen LogP contribution in [0.15, 0.2) is 60.8 Å². The van der Waals surface area contributed by atoms with Gasteiger partial charge in [0.15, 0.2) is 0 Å².